The first-order valence-corrected chi connectivity index (χ1v) is 9.12. The second-order valence-electron chi connectivity index (χ2n) is 5.16. The normalized spacial score (nSPS) is 11.6. The largest absolute Gasteiger partial charge is 0.496 e. The number of rotatable bonds is 4. The maximum Gasteiger partial charge on any atom is 0.261 e. The number of sulfonamides is 1. The molecule has 7 heteroatoms. The monoisotopic (exact) mass is 394 g/mol. The number of nitrogens with one attached hydrogen (secondary N) is 2. The van der Waals surface area contributed by atoms with Gasteiger partial charge in [0.15, 0.2) is 0 Å². The van der Waals surface area contributed by atoms with Crippen LogP contribution in [0.4, 0.5) is 5.69 Å². The van der Waals surface area contributed by atoms with Crippen LogP contribution in [0.5, 0.6) is 5.75 Å². The summed E-state index contributed by atoms with van der Waals surface area (Å²) in [6, 6.07) is 12.0. The number of hydrogen-bond acceptors (Lipinski definition) is 3. The minimum atomic E-state index is -3.67. The molecule has 0 aliphatic heterocycles. The maximum atomic E-state index is 12.5. The molecule has 0 spiro atoms. The Morgan fingerprint density at radius 3 is 2.61 bits per heavy atom. The van der Waals surface area contributed by atoms with Gasteiger partial charge in [-0.05, 0) is 65.3 Å². The standard InChI is InChI=1S/C16H15BrN2O3S/c1-10-7-11-8-12(3-5-15(11)18-10)19-23(20,21)13-4-6-16(22-2)14(17)9-13/h3-9,18-19H,1-2H3. The number of benzene rings is 2. The zero-order chi connectivity index (χ0) is 16.6. The van der Waals surface area contributed by atoms with Crippen LogP contribution in [0.2, 0.25) is 0 Å². The highest BCUT2D eigenvalue weighted by molar-refractivity contribution is 9.10. The molecule has 0 saturated carbocycles. The van der Waals surface area contributed by atoms with Crippen LogP contribution in [-0.2, 0) is 10.0 Å². The number of aromatic amines is 1. The Hall–Kier alpha value is -1.99. The van der Waals surface area contributed by atoms with Crippen molar-refractivity contribution in [3.63, 3.8) is 0 Å². The van der Waals surface area contributed by atoms with Gasteiger partial charge in [-0.3, -0.25) is 4.72 Å². The lowest BCUT2D eigenvalue weighted by Gasteiger charge is -2.10. The van der Waals surface area contributed by atoms with Gasteiger partial charge in [-0.15, -0.1) is 0 Å². The molecular formula is C16H15BrN2O3S. The van der Waals surface area contributed by atoms with Crippen molar-refractivity contribution in [1.82, 2.24) is 4.98 Å². The summed E-state index contributed by atoms with van der Waals surface area (Å²) in [6.07, 6.45) is 0. The maximum absolute atomic E-state index is 12.5. The van der Waals surface area contributed by atoms with Gasteiger partial charge in [-0.2, -0.15) is 0 Å². The number of halogens is 1. The van der Waals surface area contributed by atoms with Crippen LogP contribution in [0.1, 0.15) is 5.69 Å². The topological polar surface area (TPSA) is 71.2 Å². The van der Waals surface area contributed by atoms with Gasteiger partial charge in [0.25, 0.3) is 10.0 Å². The molecule has 23 heavy (non-hydrogen) atoms. The molecule has 1 heterocycles. The molecule has 0 fully saturated rings. The van der Waals surface area contributed by atoms with Crippen LogP contribution < -0.4 is 9.46 Å². The fraction of sp³-hybridized carbons (Fsp3) is 0.125. The predicted octanol–water partition coefficient (Wildman–Crippen LogP) is 4.05. The zero-order valence-electron chi connectivity index (χ0n) is 12.6. The molecule has 0 saturated heterocycles. The van der Waals surface area contributed by atoms with Crippen LogP contribution >= 0.6 is 15.9 Å². The number of anilines is 1. The molecule has 0 unspecified atom stereocenters. The van der Waals surface area contributed by atoms with Crippen molar-refractivity contribution in [1.29, 1.82) is 0 Å². The van der Waals surface area contributed by atoms with E-state index in [0.29, 0.717) is 15.9 Å². The number of H-pyrrole nitrogens is 1. The fourth-order valence-corrected chi connectivity index (χ4v) is 4.14. The first-order chi connectivity index (χ1) is 10.9. The van der Waals surface area contributed by atoms with E-state index in [1.807, 2.05) is 19.1 Å². The highest BCUT2D eigenvalue weighted by Gasteiger charge is 2.16. The van der Waals surface area contributed by atoms with Gasteiger partial charge in [0.2, 0.25) is 0 Å². The fourth-order valence-electron chi connectivity index (χ4n) is 2.37. The number of fused-ring (bicyclic) bond motifs is 1. The summed E-state index contributed by atoms with van der Waals surface area (Å²) in [5, 5.41) is 0.957. The quantitative estimate of drug-likeness (QED) is 0.700. The average Bonchev–Trinajstić information content (AvgIpc) is 2.86. The van der Waals surface area contributed by atoms with Crippen LogP contribution in [-0.4, -0.2) is 20.5 Å². The van der Waals surface area contributed by atoms with Gasteiger partial charge in [0, 0.05) is 22.3 Å². The van der Waals surface area contributed by atoms with Crippen LogP contribution in [0.25, 0.3) is 10.9 Å². The summed E-state index contributed by atoms with van der Waals surface area (Å²) < 4.78 is 33.3. The van der Waals surface area contributed by atoms with E-state index in [2.05, 4.69) is 25.6 Å². The molecular weight excluding hydrogens is 380 g/mol. The summed E-state index contributed by atoms with van der Waals surface area (Å²) >= 11 is 3.30. The first-order valence-electron chi connectivity index (χ1n) is 6.85. The molecule has 1 aromatic heterocycles. The minimum absolute atomic E-state index is 0.163. The van der Waals surface area contributed by atoms with E-state index in [4.69, 9.17) is 4.74 Å². The molecule has 0 aliphatic rings. The molecule has 2 N–H and O–H groups in total. The van der Waals surface area contributed by atoms with Gasteiger partial charge >= 0.3 is 0 Å². The van der Waals surface area contributed by atoms with E-state index in [0.717, 1.165) is 16.6 Å². The molecule has 0 atom stereocenters. The van der Waals surface area contributed by atoms with Gasteiger partial charge in [0.05, 0.1) is 16.5 Å². The van der Waals surface area contributed by atoms with E-state index in [-0.39, 0.29) is 4.90 Å². The van der Waals surface area contributed by atoms with Crippen LogP contribution in [0, 0.1) is 6.92 Å². The van der Waals surface area contributed by atoms with Gasteiger partial charge in [0.1, 0.15) is 5.75 Å². The number of ether oxygens (including phenoxy) is 1. The number of methoxy groups -OCH3 is 1. The zero-order valence-corrected chi connectivity index (χ0v) is 15.0. The molecule has 3 aromatic rings. The Kier molecular flexibility index (Phi) is 4.08. The summed E-state index contributed by atoms with van der Waals surface area (Å²) in [6.45, 7) is 1.96. The molecule has 0 radical (unpaired) electrons. The predicted molar refractivity (Wildman–Crippen MR) is 94.5 cm³/mol. The Balaban J connectivity index is 1.94. The van der Waals surface area contributed by atoms with E-state index in [9.17, 15) is 8.42 Å². The van der Waals surface area contributed by atoms with Gasteiger partial charge < -0.3 is 9.72 Å². The Morgan fingerprint density at radius 1 is 1.13 bits per heavy atom. The summed E-state index contributed by atoms with van der Waals surface area (Å²) in [4.78, 5) is 3.37. The van der Waals surface area contributed by atoms with E-state index in [1.54, 1.807) is 18.2 Å². The highest BCUT2D eigenvalue weighted by atomic mass is 79.9. The van der Waals surface area contributed by atoms with Crippen molar-refractivity contribution >= 4 is 42.5 Å². The third kappa shape index (κ3) is 3.20. The lowest BCUT2D eigenvalue weighted by Crippen LogP contribution is -2.12. The second-order valence-corrected chi connectivity index (χ2v) is 7.69. The van der Waals surface area contributed by atoms with Crippen LogP contribution in [0.15, 0.2) is 51.8 Å². The molecule has 0 aliphatic carbocycles. The summed E-state index contributed by atoms with van der Waals surface area (Å²) in [5.74, 6) is 0.577. The summed E-state index contributed by atoms with van der Waals surface area (Å²) in [5.41, 5.74) is 2.51. The lowest BCUT2D eigenvalue weighted by atomic mass is 10.2. The van der Waals surface area contributed by atoms with E-state index in [1.165, 1.54) is 19.2 Å². The SMILES string of the molecule is COc1ccc(S(=O)(=O)Nc2ccc3[nH]c(C)cc3c2)cc1Br. The first kappa shape index (κ1) is 15.9. The minimum Gasteiger partial charge on any atom is -0.496 e. The Bertz CT molecular complexity index is 980. The lowest BCUT2D eigenvalue weighted by molar-refractivity contribution is 0.411. The van der Waals surface area contributed by atoms with Crippen molar-refractivity contribution in [2.45, 2.75) is 11.8 Å². The highest BCUT2D eigenvalue weighted by Crippen LogP contribution is 2.29. The molecule has 5 nitrogen and oxygen atoms in total. The Labute approximate surface area is 142 Å². The molecule has 3 rings (SSSR count). The third-order valence-corrected chi connectivity index (χ3v) is 5.44. The second kappa shape index (κ2) is 5.90. The van der Waals surface area contributed by atoms with Gasteiger partial charge in [-0.25, -0.2) is 8.42 Å². The number of aryl methyl sites for hydroxylation is 1. The van der Waals surface area contributed by atoms with Crippen molar-refractivity contribution in [3.05, 3.63) is 52.6 Å². The molecule has 0 amide bonds. The van der Waals surface area contributed by atoms with Gasteiger partial charge in [-0.1, -0.05) is 0 Å². The molecule has 0 bridgehead atoms. The number of hydrogen-bond donors (Lipinski definition) is 2. The van der Waals surface area contributed by atoms with E-state index >= 15 is 0 Å². The van der Waals surface area contributed by atoms with Crippen molar-refractivity contribution in [3.8, 4) is 5.75 Å². The third-order valence-electron chi connectivity index (χ3n) is 3.44. The van der Waals surface area contributed by atoms with Crippen LogP contribution in [0.3, 0.4) is 0 Å². The van der Waals surface area contributed by atoms with Crippen molar-refractivity contribution < 1.29 is 13.2 Å². The average molecular weight is 395 g/mol. The summed E-state index contributed by atoms with van der Waals surface area (Å²) in [7, 11) is -2.14. The molecule has 120 valence electrons. The van der Waals surface area contributed by atoms with Crippen molar-refractivity contribution in [2.24, 2.45) is 0 Å². The van der Waals surface area contributed by atoms with E-state index < -0.39 is 10.0 Å². The van der Waals surface area contributed by atoms with Crippen molar-refractivity contribution in [2.75, 3.05) is 11.8 Å². The Morgan fingerprint density at radius 2 is 1.91 bits per heavy atom. The number of aromatic nitrogens is 1. The smallest absolute Gasteiger partial charge is 0.261 e. The molecule has 2 aromatic carbocycles.